The van der Waals surface area contributed by atoms with E-state index in [1.165, 1.54) is 27.1 Å². The van der Waals surface area contributed by atoms with Crippen molar-refractivity contribution in [1.82, 2.24) is 0 Å². The van der Waals surface area contributed by atoms with Crippen LogP contribution in [0.4, 0.5) is 5.69 Å². The van der Waals surface area contributed by atoms with E-state index in [9.17, 15) is 4.79 Å². The van der Waals surface area contributed by atoms with E-state index in [1.54, 1.807) is 0 Å². The Hall–Kier alpha value is -2.52. The highest BCUT2D eigenvalue weighted by atomic mass is 32.2. The van der Waals surface area contributed by atoms with Gasteiger partial charge >= 0.3 is 0 Å². The van der Waals surface area contributed by atoms with Gasteiger partial charge in [-0.25, -0.2) is 0 Å². The van der Waals surface area contributed by atoms with Crippen LogP contribution in [-0.2, 0) is 18.6 Å². The molecule has 3 rings (SSSR count). The van der Waals surface area contributed by atoms with Gasteiger partial charge in [-0.1, -0.05) is 61.9 Å². The summed E-state index contributed by atoms with van der Waals surface area (Å²) in [4.78, 5) is 14.0. The maximum absolute atomic E-state index is 12.8. The van der Waals surface area contributed by atoms with Crippen LogP contribution >= 0.6 is 11.8 Å². The zero-order chi connectivity index (χ0) is 19.9. The van der Waals surface area contributed by atoms with E-state index in [0.29, 0.717) is 5.56 Å². The first kappa shape index (κ1) is 20.2. The maximum atomic E-state index is 12.8. The van der Waals surface area contributed by atoms with Crippen molar-refractivity contribution < 1.29 is 4.79 Å². The molecule has 1 amide bonds. The molecule has 0 aliphatic rings. The number of anilines is 1. The zero-order valence-electron chi connectivity index (χ0n) is 16.8. The number of carbonyl (C=O) groups excluding carboxylic acids is 1. The lowest BCUT2D eigenvalue weighted by Crippen LogP contribution is -2.14. The molecule has 0 saturated carbocycles. The average molecular weight is 390 g/mol. The molecule has 0 aromatic heterocycles. The number of benzene rings is 3. The molecule has 3 aromatic carbocycles. The van der Waals surface area contributed by atoms with Crippen molar-refractivity contribution in [1.29, 1.82) is 0 Å². The third kappa shape index (κ3) is 5.05. The van der Waals surface area contributed by atoms with E-state index in [0.717, 1.165) is 24.3 Å². The Morgan fingerprint density at radius 1 is 0.857 bits per heavy atom. The van der Waals surface area contributed by atoms with Gasteiger partial charge in [0.15, 0.2) is 0 Å². The highest BCUT2D eigenvalue weighted by Crippen LogP contribution is 2.25. The molecular formula is C25H27NOS. The van der Waals surface area contributed by atoms with Gasteiger partial charge < -0.3 is 5.32 Å². The van der Waals surface area contributed by atoms with Gasteiger partial charge in [-0.15, -0.1) is 11.8 Å². The van der Waals surface area contributed by atoms with Crippen molar-refractivity contribution in [2.75, 3.05) is 5.32 Å². The minimum absolute atomic E-state index is 0.0478. The second-order valence-corrected chi connectivity index (χ2v) is 7.96. The van der Waals surface area contributed by atoms with Gasteiger partial charge in [0.25, 0.3) is 5.91 Å². The Balaban J connectivity index is 1.66. The number of hydrogen-bond donors (Lipinski definition) is 1. The van der Waals surface area contributed by atoms with Gasteiger partial charge in [0.05, 0.1) is 0 Å². The standard InChI is InChI=1S/C25H27NOS/c1-4-20-7-6-8-21(5-2)24(20)26-25(27)22-13-11-19(12-14-22)17-28-23-15-9-18(3)10-16-23/h6-16H,4-5,17H2,1-3H3,(H,26,27). The number of thioether (sulfide) groups is 1. The number of nitrogens with one attached hydrogen (secondary N) is 1. The summed E-state index contributed by atoms with van der Waals surface area (Å²) in [5.41, 5.74) is 6.51. The van der Waals surface area contributed by atoms with Gasteiger partial charge in [0, 0.05) is 21.9 Å². The number of amides is 1. The Morgan fingerprint density at radius 2 is 1.46 bits per heavy atom. The SMILES string of the molecule is CCc1cccc(CC)c1NC(=O)c1ccc(CSc2ccc(C)cc2)cc1. The third-order valence-electron chi connectivity index (χ3n) is 4.88. The first-order valence-corrected chi connectivity index (χ1v) is 10.8. The lowest BCUT2D eigenvalue weighted by atomic mass is 10.0. The predicted molar refractivity (Wildman–Crippen MR) is 120 cm³/mol. The first-order chi connectivity index (χ1) is 13.6. The number of rotatable bonds is 7. The lowest BCUT2D eigenvalue weighted by molar-refractivity contribution is 0.102. The van der Waals surface area contributed by atoms with Crippen LogP contribution in [0.3, 0.4) is 0 Å². The van der Waals surface area contributed by atoms with Crippen LogP contribution in [0.25, 0.3) is 0 Å². The molecule has 0 spiro atoms. The van der Waals surface area contributed by atoms with Crippen LogP contribution in [0.5, 0.6) is 0 Å². The van der Waals surface area contributed by atoms with E-state index in [-0.39, 0.29) is 5.91 Å². The second kappa shape index (κ2) is 9.61. The first-order valence-electron chi connectivity index (χ1n) is 9.81. The molecule has 3 aromatic rings. The molecule has 3 heteroatoms. The summed E-state index contributed by atoms with van der Waals surface area (Å²) in [5.74, 6) is 0.845. The van der Waals surface area contributed by atoms with Crippen molar-refractivity contribution in [3.63, 3.8) is 0 Å². The molecule has 0 bridgehead atoms. The van der Waals surface area contributed by atoms with Crippen molar-refractivity contribution in [2.24, 2.45) is 0 Å². The maximum Gasteiger partial charge on any atom is 0.255 e. The van der Waals surface area contributed by atoms with Crippen molar-refractivity contribution >= 4 is 23.4 Å². The summed E-state index contributed by atoms with van der Waals surface area (Å²) in [6.45, 7) is 6.33. The number of hydrogen-bond acceptors (Lipinski definition) is 2. The summed E-state index contributed by atoms with van der Waals surface area (Å²) < 4.78 is 0. The Labute approximate surface area is 172 Å². The van der Waals surface area contributed by atoms with E-state index in [1.807, 2.05) is 36.0 Å². The summed E-state index contributed by atoms with van der Waals surface area (Å²) in [6, 6.07) is 22.7. The van der Waals surface area contributed by atoms with Crippen LogP contribution in [-0.4, -0.2) is 5.91 Å². The molecular weight excluding hydrogens is 362 g/mol. The normalized spacial score (nSPS) is 10.7. The van der Waals surface area contributed by atoms with Gasteiger partial charge in [-0.05, 0) is 60.7 Å². The monoisotopic (exact) mass is 389 g/mol. The Kier molecular flexibility index (Phi) is 6.94. The Morgan fingerprint density at radius 3 is 2.04 bits per heavy atom. The van der Waals surface area contributed by atoms with Crippen LogP contribution < -0.4 is 5.32 Å². The molecule has 0 unspecified atom stereocenters. The summed E-state index contributed by atoms with van der Waals surface area (Å²) >= 11 is 1.81. The molecule has 0 radical (unpaired) electrons. The minimum atomic E-state index is -0.0478. The smallest absolute Gasteiger partial charge is 0.255 e. The minimum Gasteiger partial charge on any atom is -0.321 e. The average Bonchev–Trinajstić information content (AvgIpc) is 2.73. The highest BCUT2D eigenvalue weighted by Gasteiger charge is 2.11. The summed E-state index contributed by atoms with van der Waals surface area (Å²) in [5, 5.41) is 3.14. The molecule has 0 saturated heterocycles. The topological polar surface area (TPSA) is 29.1 Å². The van der Waals surface area contributed by atoms with Crippen LogP contribution in [0.2, 0.25) is 0 Å². The quantitative estimate of drug-likeness (QED) is 0.458. The van der Waals surface area contributed by atoms with Crippen LogP contribution in [0, 0.1) is 6.92 Å². The number of aryl methyl sites for hydroxylation is 3. The van der Waals surface area contributed by atoms with Gasteiger partial charge in [0.2, 0.25) is 0 Å². The molecule has 144 valence electrons. The van der Waals surface area contributed by atoms with Gasteiger partial charge in [-0.3, -0.25) is 4.79 Å². The van der Waals surface area contributed by atoms with Gasteiger partial charge in [-0.2, -0.15) is 0 Å². The Bertz CT molecular complexity index is 908. The summed E-state index contributed by atoms with van der Waals surface area (Å²) in [7, 11) is 0. The van der Waals surface area contributed by atoms with Crippen molar-refractivity contribution in [2.45, 2.75) is 44.3 Å². The van der Waals surface area contributed by atoms with E-state index in [4.69, 9.17) is 0 Å². The summed E-state index contributed by atoms with van der Waals surface area (Å²) in [6.07, 6.45) is 1.80. The van der Waals surface area contributed by atoms with E-state index >= 15 is 0 Å². The molecule has 0 heterocycles. The fourth-order valence-electron chi connectivity index (χ4n) is 3.14. The van der Waals surface area contributed by atoms with Crippen LogP contribution in [0.1, 0.15) is 46.5 Å². The van der Waals surface area contributed by atoms with Crippen LogP contribution in [0.15, 0.2) is 71.6 Å². The van der Waals surface area contributed by atoms with Crippen molar-refractivity contribution in [3.8, 4) is 0 Å². The molecule has 0 atom stereocenters. The zero-order valence-corrected chi connectivity index (χ0v) is 17.6. The lowest BCUT2D eigenvalue weighted by Gasteiger charge is -2.14. The molecule has 1 N–H and O–H groups in total. The highest BCUT2D eigenvalue weighted by molar-refractivity contribution is 7.98. The second-order valence-electron chi connectivity index (χ2n) is 6.91. The largest absolute Gasteiger partial charge is 0.321 e. The molecule has 0 aliphatic heterocycles. The third-order valence-corrected chi connectivity index (χ3v) is 5.96. The molecule has 2 nitrogen and oxygen atoms in total. The molecule has 28 heavy (non-hydrogen) atoms. The molecule has 0 fully saturated rings. The molecule has 0 aliphatic carbocycles. The predicted octanol–water partition coefficient (Wildman–Crippen LogP) is 6.66. The van der Waals surface area contributed by atoms with E-state index in [2.05, 4.69) is 68.6 Å². The number of para-hydroxylation sites is 1. The number of carbonyl (C=O) groups is 1. The van der Waals surface area contributed by atoms with Gasteiger partial charge in [0.1, 0.15) is 0 Å². The fourth-order valence-corrected chi connectivity index (χ4v) is 4.00. The fraction of sp³-hybridized carbons (Fsp3) is 0.240. The van der Waals surface area contributed by atoms with E-state index < -0.39 is 0 Å². The van der Waals surface area contributed by atoms with Crippen molar-refractivity contribution in [3.05, 3.63) is 94.5 Å².